The van der Waals surface area contributed by atoms with Crippen molar-refractivity contribution in [3.63, 3.8) is 0 Å². The van der Waals surface area contributed by atoms with Gasteiger partial charge >= 0.3 is 6.18 Å². The Bertz CT molecular complexity index is 325. The predicted molar refractivity (Wildman–Crippen MR) is 50.5 cm³/mol. The molecule has 0 aliphatic rings. The van der Waals surface area contributed by atoms with Crippen molar-refractivity contribution in [2.24, 2.45) is 0 Å². The number of phenols is 1. The summed E-state index contributed by atoms with van der Waals surface area (Å²) in [5.41, 5.74) is 0. The van der Waals surface area contributed by atoms with Crippen molar-refractivity contribution < 1.29 is 27.8 Å². The Balaban J connectivity index is 2.17. The molecule has 1 rings (SSSR count). The molecule has 0 aromatic heterocycles. The van der Waals surface area contributed by atoms with Gasteiger partial charge in [-0.05, 0) is 12.1 Å². The number of halogens is 3. The summed E-state index contributed by atoms with van der Waals surface area (Å²) < 4.78 is 44.4. The molecule has 0 radical (unpaired) electrons. The van der Waals surface area contributed by atoms with Crippen molar-refractivity contribution in [3.8, 4) is 11.5 Å². The number of benzene rings is 1. The first-order valence-electron chi connectivity index (χ1n) is 4.54. The molecule has 3 nitrogen and oxygen atoms in total. The minimum atomic E-state index is -4.31. The lowest BCUT2D eigenvalue weighted by Gasteiger charge is -2.09. The third-order valence-electron chi connectivity index (χ3n) is 1.58. The van der Waals surface area contributed by atoms with E-state index in [0.29, 0.717) is 5.75 Å². The maximum absolute atomic E-state index is 11.7. The van der Waals surface area contributed by atoms with E-state index in [0.717, 1.165) is 0 Å². The van der Waals surface area contributed by atoms with E-state index in [2.05, 4.69) is 4.74 Å². The van der Waals surface area contributed by atoms with Crippen LogP contribution in [0.5, 0.6) is 11.5 Å². The molecule has 0 spiro atoms. The third-order valence-corrected chi connectivity index (χ3v) is 1.58. The first-order chi connectivity index (χ1) is 7.47. The zero-order valence-corrected chi connectivity index (χ0v) is 8.33. The van der Waals surface area contributed by atoms with Gasteiger partial charge in [0.2, 0.25) is 0 Å². The molecule has 0 atom stereocenters. The highest BCUT2D eigenvalue weighted by Crippen LogP contribution is 2.17. The predicted octanol–water partition coefficient (Wildman–Crippen LogP) is 2.35. The van der Waals surface area contributed by atoms with Crippen LogP contribution in [0.25, 0.3) is 0 Å². The summed E-state index contributed by atoms with van der Waals surface area (Å²) in [7, 11) is 0. The van der Waals surface area contributed by atoms with Crippen molar-refractivity contribution in [1.29, 1.82) is 0 Å². The van der Waals surface area contributed by atoms with E-state index in [1.54, 1.807) is 12.1 Å². The molecule has 0 heterocycles. The first kappa shape index (κ1) is 12.6. The molecule has 0 saturated heterocycles. The fraction of sp³-hybridized carbons (Fsp3) is 0.400. The van der Waals surface area contributed by atoms with Crippen LogP contribution < -0.4 is 4.74 Å². The Morgan fingerprint density at radius 3 is 2.56 bits per heavy atom. The Labute approximate surface area is 90.4 Å². The molecule has 6 heteroatoms. The smallest absolute Gasteiger partial charge is 0.411 e. The summed E-state index contributed by atoms with van der Waals surface area (Å²) in [4.78, 5) is 0. The van der Waals surface area contributed by atoms with Gasteiger partial charge in [-0.3, -0.25) is 0 Å². The fourth-order valence-electron chi connectivity index (χ4n) is 0.980. The van der Waals surface area contributed by atoms with Crippen LogP contribution in [0.3, 0.4) is 0 Å². The van der Waals surface area contributed by atoms with Crippen LogP contribution in [-0.4, -0.2) is 31.1 Å². The summed E-state index contributed by atoms with van der Waals surface area (Å²) in [6.07, 6.45) is -4.31. The number of hydrogen-bond acceptors (Lipinski definition) is 3. The van der Waals surface area contributed by atoms with Crippen LogP contribution >= 0.6 is 0 Å². The van der Waals surface area contributed by atoms with Crippen molar-refractivity contribution in [3.05, 3.63) is 24.3 Å². The quantitative estimate of drug-likeness (QED) is 0.797. The second kappa shape index (κ2) is 5.60. The minimum absolute atomic E-state index is 0.000463. The lowest BCUT2D eigenvalue weighted by atomic mass is 10.3. The van der Waals surface area contributed by atoms with E-state index in [4.69, 9.17) is 9.84 Å². The average molecular weight is 236 g/mol. The lowest BCUT2D eigenvalue weighted by molar-refractivity contribution is -0.175. The van der Waals surface area contributed by atoms with Crippen LogP contribution in [0, 0.1) is 0 Å². The molecule has 1 N–H and O–H groups in total. The van der Waals surface area contributed by atoms with Gasteiger partial charge in [0.05, 0.1) is 6.61 Å². The third kappa shape index (κ3) is 5.45. The summed E-state index contributed by atoms with van der Waals surface area (Å²) in [5, 5.41) is 9.06. The molecule has 0 saturated carbocycles. The van der Waals surface area contributed by atoms with Gasteiger partial charge in [0, 0.05) is 6.07 Å². The van der Waals surface area contributed by atoms with Crippen LogP contribution in [-0.2, 0) is 4.74 Å². The maximum Gasteiger partial charge on any atom is 0.411 e. The number of alkyl halides is 3. The number of rotatable bonds is 5. The zero-order chi connectivity index (χ0) is 12.0. The monoisotopic (exact) mass is 236 g/mol. The van der Waals surface area contributed by atoms with E-state index >= 15 is 0 Å². The standard InChI is InChI=1S/C10H11F3O3/c11-10(12,13)7-15-4-5-16-9-3-1-2-8(14)6-9/h1-3,6,14H,4-5,7H2. The Hall–Kier alpha value is -1.43. The summed E-state index contributed by atoms with van der Waals surface area (Å²) in [6, 6.07) is 5.99. The maximum atomic E-state index is 11.7. The Morgan fingerprint density at radius 1 is 1.19 bits per heavy atom. The topological polar surface area (TPSA) is 38.7 Å². The highest BCUT2D eigenvalue weighted by molar-refractivity contribution is 5.31. The van der Waals surface area contributed by atoms with Gasteiger partial charge in [0.15, 0.2) is 0 Å². The van der Waals surface area contributed by atoms with Gasteiger partial charge < -0.3 is 14.6 Å². The molecule has 0 aliphatic carbocycles. The summed E-state index contributed by atoms with van der Waals surface area (Å²) >= 11 is 0. The van der Waals surface area contributed by atoms with Crippen LogP contribution in [0.2, 0.25) is 0 Å². The van der Waals surface area contributed by atoms with Gasteiger partial charge in [-0.25, -0.2) is 0 Å². The molecular formula is C10H11F3O3. The number of ether oxygens (including phenoxy) is 2. The van der Waals surface area contributed by atoms with Crippen LogP contribution in [0.1, 0.15) is 0 Å². The van der Waals surface area contributed by atoms with Gasteiger partial charge in [-0.15, -0.1) is 0 Å². The Kier molecular flexibility index (Phi) is 4.42. The van der Waals surface area contributed by atoms with Crippen molar-refractivity contribution in [1.82, 2.24) is 0 Å². The summed E-state index contributed by atoms with van der Waals surface area (Å²) in [5.74, 6) is 0.421. The molecule has 90 valence electrons. The van der Waals surface area contributed by atoms with Crippen LogP contribution in [0.4, 0.5) is 13.2 Å². The average Bonchev–Trinajstić information content (AvgIpc) is 2.15. The first-order valence-corrected chi connectivity index (χ1v) is 4.54. The van der Waals surface area contributed by atoms with Crippen molar-refractivity contribution in [2.75, 3.05) is 19.8 Å². The molecule has 0 unspecified atom stereocenters. The van der Waals surface area contributed by atoms with Gasteiger partial charge in [-0.1, -0.05) is 6.07 Å². The highest BCUT2D eigenvalue weighted by atomic mass is 19.4. The molecule has 0 aliphatic heterocycles. The normalized spacial score (nSPS) is 11.4. The molecule has 0 bridgehead atoms. The van der Waals surface area contributed by atoms with Crippen molar-refractivity contribution >= 4 is 0 Å². The molecule has 0 amide bonds. The minimum Gasteiger partial charge on any atom is -0.508 e. The van der Waals surface area contributed by atoms with E-state index in [9.17, 15) is 13.2 Å². The number of hydrogen-bond donors (Lipinski definition) is 1. The highest BCUT2D eigenvalue weighted by Gasteiger charge is 2.27. The number of phenolic OH excluding ortho intramolecular Hbond substituents is 1. The molecule has 1 aromatic rings. The van der Waals surface area contributed by atoms with Gasteiger partial charge in [-0.2, -0.15) is 13.2 Å². The SMILES string of the molecule is Oc1cccc(OCCOCC(F)(F)F)c1. The largest absolute Gasteiger partial charge is 0.508 e. The zero-order valence-electron chi connectivity index (χ0n) is 8.33. The second-order valence-corrected chi connectivity index (χ2v) is 3.01. The summed E-state index contributed by atoms with van der Waals surface area (Å²) in [6.45, 7) is -1.44. The lowest BCUT2D eigenvalue weighted by Crippen LogP contribution is -2.19. The van der Waals surface area contributed by atoms with Crippen molar-refractivity contribution in [2.45, 2.75) is 6.18 Å². The van der Waals surface area contributed by atoms with E-state index in [1.807, 2.05) is 0 Å². The molecule has 16 heavy (non-hydrogen) atoms. The van der Waals surface area contributed by atoms with Gasteiger partial charge in [0.1, 0.15) is 24.7 Å². The fourth-order valence-corrected chi connectivity index (χ4v) is 0.980. The Morgan fingerprint density at radius 2 is 1.94 bits per heavy atom. The molecule has 0 fully saturated rings. The number of aromatic hydroxyl groups is 1. The van der Waals surface area contributed by atoms with Crippen LogP contribution in [0.15, 0.2) is 24.3 Å². The van der Waals surface area contributed by atoms with E-state index in [1.165, 1.54) is 12.1 Å². The van der Waals surface area contributed by atoms with E-state index < -0.39 is 12.8 Å². The molecular weight excluding hydrogens is 225 g/mol. The van der Waals surface area contributed by atoms with Gasteiger partial charge in [0.25, 0.3) is 0 Å². The molecule has 1 aromatic carbocycles. The second-order valence-electron chi connectivity index (χ2n) is 3.01. The van der Waals surface area contributed by atoms with E-state index in [-0.39, 0.29) is 19.0 Å².